The Hall–Kier alpha value is 3.06. The van der Waals surface area contributed by atoms with E-state index in [0.29, 0.717) is 0 Å². The van der Waals surface area contributed by atoms with Crippen molar-refractivity contribution in [3.8, 4) is 0 Å². The van der Waals surface area contributed by atoms with Crippen LogP contribution in [0.25, 0.3) is 36.5 Å². The normalized spacial score (nSPS) is 17.3. The van der Waals surface area contributed by atoms with Gasteiger partial charge in [-0.15, -0.1) is 105 Å². The highest BCUT2D eigenvalue weighted by molar-refractivity contribution is 8.50. The van der Waals surface area contributed by atoms with Gasteiger partial charge in [-0.3, -0.25) is 0 Å². The van der Waals surface area contributed by atoms with Gasteiger partial charge in [-0.05, 0) is 109 Å². The third-order valence-corrected chi connectivity index (χ3v) is 42.1. The Labute approximate surface area is 613 Å². The highest BCUT2D eigenvalue weighted by Gasteiger charge is 2.35. The molecular formula is C66H84S21. The molecule has 3 aromatic rings. The molecule has 0 radical (unpaired) electrons. The highest BCUT2D eigenvalue weighted by Crippen LogP contribution is 2.71. The Bertz CT molecular complexity index is 2520. The second kappa shape index (κ2) is 39.6. The number of thiophene rings is 3. The first-order valence-corrected chi connectivity index (χ1v) is 49.9. The van der Waals surface area contributed by atoms with E-state index in [1.165, 1.54) is 269 Å². The van der Waals surface area contributed by atoms with Crippen LogP contribution in [0, 0.1) is 0 Å². The molecule has 3 aromatic heterocycles. The second-order valence-electron chi connectivity index (χ2n) is 21.7. The number of thioether (sulfide) groups is 18. The number of rotatable bonds is 36. The van der Waals surface area contributed by atoms with Crippen LogP contribution < -0.4 is 0 Å². The smallest absolute Gasteiger partial charge is 0.0716 e. The van der Waals surface area contributed by atoms with E-state index in [1.54, 1.807) is 29.4 Å². The lowest BCUT2D eigenvalue weighted by Crippen LogP contribution is -1.86. The summed E-state index contributed by atoms with van der Waals surface area (Å²) in [6, 6.07) is 0. The van der Waals surface area contributed by atoms with E-state index in [-0.39, 0.29) is 0 Å². The van der Waals surface area contributed by atoms with Crippen molar-refractivity contribution in [2.75, 3.05) is 34.5 Å². The van der Waals surface area contributed by atoms with Crippen molar-refractivity contribution in [2.24, 2.45) is 0 Å². The van der Waals surface area contributed by atoms with E-state index < -0.39 is 0 Å². The summed E-state index contributed by atoms with van der Waals surface area (Å²) in [6.07, 6.45) is 47.0. The SMILES string of the molecule is CCCCCCSc1c2sc(c1SCCCCCC)C=C1SC3=C(S1)SC(=Cc1sc(c(SCCCCCC)c1SCCCCCC)C=C1SC4=C(SC(=Cc5sc(c(SCCCCCC)c5SCCCCCC)C=C5SC6=C(SC(=C2)S6)S5)S4)S1)S3. The Morgan fingerprint density at radius 1 is 0.207 bits per heavy atom. The minimum Gasteiger partial charge on any atom is -0.134 e. The predicted octanol–water partition coefficient (Wildman–Crippen LogP) is 32.4. The van der Waals surface area contributed by atoms with Crippen LogP contribution in [0.5, 0.6) is 0 Å². The lowest BCUT2D eigenvalue weighted by atomic mass is 10.2. The fraction of sp³-hybridized carbons (Fsp3) is 0.545. The summed E-state index contributed by atoms with van der Waals surface area (Å²) >= 11 is 43.6. The topological polar surface area (TPSA) is 0 Å². The number of unbranched alkanes of at least 4 members (excludes halogenated alkanes) is 18. The average Bonchev–Trinajstić information content (AvgIpc) is 1.98. The third kappa shape index (κ3) is 21.5. The zero-order valence-corrected chi connectivity index (χ0v) is 68.4. The van der Waals surface area contributed by atoms with Crippen molar-refractivity contribution >= 4 is 282 Å². The summed E-state index contributed by atoms with van der Waals surface area (Å²) in [6.45, 7) is 14.0. The zero-order valence-electron chi connectivity index (χ0n) is 51.3. The fourth-order valence-corrected chi connectivity index (χ4v) is 41.3. The van der Waals surface area contributed by atoms with Crippen molar-refractivity contribution in [3.63, 3.8) is 0 Å². The average molecular weight is 1550 g/mol. The Morgan fingerprint density at radius 3 is 0.494 bits per heavy atom. The zero-order chi connectivity index (χ0) is 60.2. The molecule has 474 valence electrons. The van der Waals surface area contributed by atoms with Crippen molar-refractivity contribution in [1.29, 1.82) is 0 Å². The minimum absolute atomic E-state index is 1.19. The van der Waals surface area contributed by atoms with Crippen LogP contribution in [0.3, 0.4) is 0 Å². The van der Waals surface area contributed by atoms with Crippen LogP contribution in [0.2, 0.25) is 0 Å². The van der Waals surface area contributed by atoms with Crippen LogP contribution in [-0.2, 0) is 0 Å². The summed E-state index contributed by atoms with van der Waals surface area (Å²) in [5, 5.41) is 0. The molecule has 0 spiro atoms. The van der Waals surface area contributed by atoms with Crippen LogP contribution in [-0.4, -0.2) is 34.5 Å². The summed E-state index contributed by atoms with van der Waals surface area (Å²) < 4.78 is 17.6. The first kappa shape index (κ1) is 72.8. The second-order valence-corrected chi connectivity index (χ2v) is 47.3. The van der Waals surface area contributed by atoms with Crippen molar-refractivity contribution in [2.45, 2.75) is 225 Å². The molecule has 0 aliphatic carbocycles. The van der Waals surface area contributed by atoms with E-state index in [9.17, 15) is 0 Å². The molecule has 12 aliphatic rings. The molecule has 0 N–H and O–H groups in total. The van der Waals surface area contributed by atoms with Gasteiger partial charge in [-0.1, -0.05) is 298 Å². The summed E-state index contributed by atoms with van der Waals surface area (Å²) in [5.74, 6) is 7.16. The largest absolute Gasteiger partial charge is 0.134 e. The van der Waals surface area contributed by atoms with Crippen molar-refractivity contribution in [1.82, 2.24) is 0 Å². The van der Waals surface area contributed by atoms with Gasteiger partial charge >= 0.3 is 0 Å². The highest BCUT2D eigenvalue weighted by atomic mass is 32.3. The van der Waals surface area contributed by atoms with Crippen molar-refractivity contribution < 1.29 is 0 Å². The maximum absolute atomic E-state index is 2.60. The van der Waals surface area contributed by atoms with Gasteiger partial charge in [0.15, 0.2) is 0 Å². The lowest BCUT2D eigenvalue weighted by molar-refractivity contribution is 0.706. The molecule has 18 bridgehead atoms. The Morgan fingerprint density at radius 2 is 0.356 bits per heavy atom. The molecule has 0 nitrogen and oxygen atoms in total. The maximum atomic E-state index is 2.60. The predicted molar refractivity (Wildman–Crippen MR) is 442 cm³/mol. The first-order valence-electron chi connectivity index (χ1n) is 31.8. The molecule has 0 unspecified atom stereocenters. The van der Waals surface area contributed by atoms with Gasteiger partial charge in [0.05, 0.1) is 50.8 Å². The Balaban J connectivity index is 1.03. The molecule has 87 heavy (non-hydrogen) atoms. The fourth-order valence-electron chi connectivity index (χ4n) is 9.76. The molecule has 21 heteroatoms. The van der Waals surface area contributed by atoms with Gasteiger partial charge in [0, 0.05) is 58.6 Å². The first-order chi connectivity index (χ1) is 42.8. The van der Waals surface area contributed by atoms with Gasteiger partial charge in [-0.25, -0.2) is 0 Å². The van der Waals surface area contributed by atoms with Crippen LogP contribution in [0.1, 0.15) is 225 Å². The third-order valence-electron chi connectivity index (χ3n) is 14.4. The van der Waals surface area contributed by atoms with Gasteiger partial charge in [0.2, 0.25) is 0 Å². The summed E-state index contributed by atoms with van der Waals surface area (Å²) in [5.41, 5.74) is 0. The summed E-state index contributed by atoms with van der Waals surface area (Å²) in [4.78, 5) is 18.1. The molecule has 0 atom stereocenters. The monoisotopic (exact) mass is 1550 g/mol. The Kier molecular flexibility index (Phi) is 33.1. The van der Waals surface area contributed by atoms with Crippen LogP contribution >= 0.6 is 246 Å². The van der Waals surface area contributed by atoms with Gasteiger partial charge in [0.1, 0.15) is 0 Å². The maximum Gasteiger partial charge on any atom is 0.0716 e. The van der Waals surface area contributed by atoms with E-state index in [2.05, 4.69) is 183 Å². The van der Waals surface area contributed by atoms with E-state index in [4.69, 9.17) is 0 Å². The van der Waals surface area contributed by atoms with Crippen LogP contribution in [0.15, 0.2) is 80.2 Å². The quantitative estimate of drug-likeness (QED) is 0.0400. The summed E-state index contributed by atoms with van der Waals surface area (Å²) in [7, 11) is 0. The van der Waals surface area contributed by atoms with Gasteiger partial charge < -0.3 is 0 Å². The lowest BCUT2D eigenvalue weighted by Gasteiger charge is -2.09. The molecule has 12 aliphatic heterocycles. The van der Waals surface area contributed by atoms with E-state index in [0.717, 1.165) is 0 Å². The van der Waals surface area contributed by atoms with Gasteiger partial charge in [-0.2, -0.15) is 0 Å². The molecule has 0 saturated carbocycles. The molecule has 15 rings (SSSR count). The molecule has 0 saturated heterocycles. The standard InChI is InChI=1S/C66H84S21/c1-7-13-19-25-31-67-55-43-37-49-76-61-62(77-49)81-51(80-61)39-45-57(69-33-27-21-15-9-3)59(71-35-29-23-17-11-5)47(74-45)41-53-84-65-66(85-53)87-54(86-65)42-48-60(72-36-30-24-18-12-6)58(70-34-28-22-16-10-4)46(75-48)40-52-82-63-64(83-52)79-50(78-63)38-44(73-43)56(55)68-32-26-20-14-8-2/h37-42H,7-36H2,1-6H3. The van der Waals surface area contributed by atoms with Crippen molar-refractivity contribution in [3.05, 3.63) is 80.1 Å². The molecule has 0 fully saturated rings. The van der Waals surface area contributed by atoms with E-state index in [1.807, 2.05) is 141 Å². The van der Waals surface area contributed by atoms with Crippen LogP contribution in [0.4, 0.5) is 0 Å². The number of hydrogen-bond donors (Lipinski definition) is 0. The molecular weight excluding hydrogens is 1470 g/mol. The molecule has 0 amide bonds. The molecule has 0 aromatic carbocycles. The minimum atomic E-state index is 1.19. The molecule has 15 heterocycles. The van der Waals surface area contributed by atoms with E-state index >= 15 is 0 Å². The number of hydrogen-bond acceptors (Lipinski definition) is 21. The van der Waals surface area contributed by atoms with Gasteiger partial charge in [0.25, 0.3) is 0 Å².